The molecule has 22 heavy (non-hydrogen) atoms. The largest absolute Gasteiger partial charge is 0.506 e. The van der Waals surface area contributed by atoms with Crippen LogP contribution in [0.15, 0.2) is 36.4 Å². The Labute approximate surface area is 134 Å². The Kier molecular flexibility index (Phi) is 5.78. The van der Waals surface area contributed by atoms with Gasteiger partial charge in [-0.3, -0.25) is 4.79 Å². The summed E-state index contributed by atoms with van der Waals surface area (Å²) in [6, 6.07) is 2.75. The zero-order valence-corrected chi connectivity index (χ0v) is 12.8. The van der Waals surface area contributed by atoms with Gasteiger partial charge in [0.05, 0.1) is 17.2 Å². The van der Waals surface area contributed by atoms with E-state index in [0.29, 0.717) is 12.0 Å². The van der Waals surface area contributed by atoms with Gasteiger partial charge in [-0.25, -0.2) is 4.79 Å². The van der Waals surface area contributed by atoms with Gasteiger partial charge in [-0.2, -0.15) is 0 Å². The second-order valence-corrected chi connectivity index (χ2v) is 5.32. The van der Waals surface area contributed by atoms with Crippen LogP contribution in [0.1, 0.15) is 35.2 Å². The van der Waals surface area contributed by atoms with Crippen LogP contribution < -0.4 is 0 Å². The van der Waals surface area contributed by atoms with Crippen molar-refractivity contribution in [1.29, 1.82) is 0 Å². The summed E-state index contributed by atoms with van der Waals surface area (Å²) in [4.78, 5) is 24.1. The summed E-state index contributed by atoms with van der Waals surface area (Å²) in [5.74, 6) is -0.879. The molecule has 0 aliphatic carbocycles. The van der Waals surface area contributed by atoms with Crippen molar-refractivity contribution >= 4 is 23.4 Å². The van der Waals surface area contributed by atoms with E-state index in [1.807, 2.05) is 12.2 Å². The lowest BCUT2D eigenvalue weighted by atomic mass is 10.0. The highest BCUT2D eigenvalue weighted by Gasteiger charge is 2.19. The van der Waals surface area contributed by atoms with Gasteiger partial charge in [0.1, 0.15) is 5.75 Å². The van der Waals surface area contributed by atoms with E-state index < -0.39 is 5.97 Å². The molecular weight excluding hydrogens is 304 g/mol. The van der Waals surface area contributed by atoms with Crippen LogP contribution in [0.3, 0.4) is 0 Å². The monoisotopic (exact) mass is 320 g/mol. The van der Waals surface area contributed by atoms with Gasteiger partial charge in [0.15, 0.2) is 5.78 Å². The van der Waals surface area contributed by atoms with Gasteiger partial charge in [0.2, 0.25) is 0 Å². The number of aromatic hydroxyl groups is 1. The molecule has 0 fully saturated rings. The summed E-state index contributed by atoms with van der Waals surface area (Å²) in [5.41, 5.74) is 0.513. The molecule has 1 N–H and O–H groups in total. The van der Waals surface area contributed by atoms with Crippen molar-refractivity contribution in [2.45, 2.75) is 25.7 Å². The number of fused-ring (bicyclic) bond motifs is 1. The third kappa shape index (κ3) is 4.21. The van der Waals surface area contributed by atoms with E-state index in [-0.39, 0.29) is 35.1 Å². The molecule has 0 amide bonds. The highest BCUT2D eigenvalue weighted by molar-refractivity contribution is 6.33. The van der Waals surface area contributed by atoms with Crippen LogP contribution in [0.25, 0.3) is 0 Å². The number of rotatable bonds is 0. The number of hydrogen-bond donors (Lipinski definition) is 1. The first kappa shape index (κ1) is 16.3. The first-order valence-corrected chi connectivity index (χ1v) is 7.49. The molecule has 0 bridgehead atoms. The zero-order valence-electron chi connectivity index (χ0n) is 12.0. The van der Waals surface area contributed by atoms with Crippen molar-refractivity contribution in [2.75, 3.05) is 6.61 Å². The molecule has 0 saturated carbocycles. The molecule has 0 radical (unpaired) electrons. The predicted molar refractivity (Wildman–Crippen MR) is 84.2 cm³/mol. The molecule has 0 spiro atoms. The summed E-state index contributed by atoms with van der Waals surface area (Å²) in [6.07, 6.45) is 9.40. The summed E-state index contributed by atoms with van der Waals surface area (Å²) < 4.78 is 5.18. The van der Waals surface area contributed by atoms with Gasteiger partial charge in [0, 0.05) is 6.42 Å². The summed E-state index contributed by atoms with van der Waals surface area (Å²) in [6.45, 7) is 0.261. The number of carbonyl (C=O) groups is 2. The highest BCUT2D eigenvalue weighted by Crippen LogP contribution is 2.31. The molecule has 0 unspecified atom stereocenters. The van der Waals surface area contributed by atoms with Gasteiger partial charge < -0.3 is 9.84 Å². The maximum absolute atomic E-state index is 12.1. The second-order valence-electron chi connectivity index (χ2n) is 4.94. The fourth-order valence-corrected chi connectivity index (χ4v) is 2.38. The van der Waals surface area contributed by atoms with Gasteiger partial charge in [-0.15, -0.1) is 0 Å². The van der Waals surface area contributed by atoms with E-state index in [2.05, 4.69) is 0 Å². The first-order valence-electron chi connectivity index (χ1n) is 7.11. The minimum absolute atomic E-state index is 0.0168. The van der Waals surface area contributed by atoms with Crippen LogP contribution in [-0.4, -0.2) is 23.5 Å². The molecule has 1 heterocycles. The molecule has 4 nitrogen and oxygen atoms in total. The van der Waals surface area contributed by atoms with Gasteiger partial charge in [0.25, 0.3) is 0 Å². The molecular formula is C17H17ClO4. The van der Waals surface area contributed by atoms with E-state index in [9.17, 15) is 14.7 Å². The molecule has 1 aromatic carbocycles. The molecule has 1 aliphatic heterocycles. The van der Waals surface area contributed by atoms with Crippen LogP contribution in [-0.2, 0) is 16.0 Å². The number of phenols is 1. The first-order chi connectivity index (χ1) is 10.6. The number of halogens is 1. The number of carbonyl (C=O) groups excluding carboxylic acids is 2. The van der Waals surface area contributed by atoms with Crippen LogP contribution in [0.5, 0.6) is 5.75 Å². The molecule has 0 aromatic heterocycles. The van der Waals surface area contributed by atoms with Crippen LogP contribution in [0, 0.1) is 0 Å². The highest BCUT2D eigenvalue weighted by atomic mass is 35.5. The van der Waals surface area contributed by atoms with Gasteiger partial charge in [-0.05, 0) is 43.0 Å². The van der Waals surface area contributed by atoms with Gasteiger partial charge in [-0.1, -0.05) is 29.8 Å². The average molecular weight is 321 g/mol. The lowest BCUT2D eigenvalue weighted by molar-refractivity contribution is -0.114. The van der Waals surface area contributed by atoms with Crippen molar-refractivity contribution in [3.63, 3.8) is 0 Å². The van der Waals surface area contributed by atoms with E-state index >= 15 is 0 Å². The molecule has 116 valence electrons. The lowest BCUT2D eigenvalue weighted by Crippen LogP contribution is -2.12. The topological polar surface area (TPSA) is 63.6 Å². The number of hydrogen-bond acceptors (Lipinski definition) is 4. The Morgan fingerprint density at radius 3 is 2.59 bits per heavy atom. The Morgan fingerprint density at radius 2 is 1.77 bits per heavy atom. The van der Waals surface area contributed by atoms with E-state index in [1.165, 1.54) is 18.2 Å². The Morgan fingerprint density at radius 1 is 1.05 bits per heavy atom. The van der Waals surface area contributed by atoms with Crippen molar-refractivity contribution in [2.24, 2.45) is 0 Å². The maximum atomic E-state index is 12.1. The molecule has 2 rings (SSSR count). The number of phenolic OH excluding ortho intramolecular Hbond substituents is 1. The fraction of sp³-hybridized carbons (Fsp3) is 0.294. The van der Waals surface area contributed by atoms with E-state index in [0.717, 1.165) is 12.8 Å². The summed E-state index contributed by atoms with van der Waals surface area (Å²) in [7, 11) is 0. The number of ether oxygens (including phenoxy) is 1. The van der Waals surface area contributed by atoms with Crippen molar-refractivity contribution in [3.8, 4) is 5.75 Å². The molecule has 1 aromatic rings. The second kappa shape index (κ2) is 7.80. The maximum Gasteiger partial charge on any atom is 0.338 e. The van der Waals surface area contributed by atoms with Crippen molar-refractivity contribution in [1.82, 2.24) is 0 Å². The molecule has 1 aliphatic rings. The SMILES string of the molecule is O=C1/C=C/CC/C=C/CCOC(=O)c2ccc(O)c(Cl)c2C1. The smallest absolute Gasteiger partial charge is 0.338 e. The van der Waals surface area contributed by atoms with Crippen LogP contribution >= 0.6 is 11.6 Å². The molecule has 0 atom stereocenters. The third-order valence-electron chi connectivity index (χ3n) is 3.28. The molecule has 5 heteroatoms. The lowest BCUT2D eigenvalue weighted by Gasteiger charge is -2.11. The Bertz CT molecular complexity index is 632. The van der Waals surface area contributed by atoms with E-state index in [4.69, 9.17) is 16.3 Å². The van der Waals surface area contributed by atoms with Crippen LogP contribution in [0.2, 0.25) is 5.02 Å². The number of benzene rings is 1. The quantitative estimate of drug-likeness (QED) is 0.586. The van der Waals surface area contributed by atoms with E-state index in [1.54, 1.807) is 6.08 Å². The number of esters is 1. The molecule has 0 saturated heterocycles. The normalized spacial score (nSPS) is 19.7. The fourth-order valence-electron chi connectivity index (χ4n) is 2.15. The minimum Gasteiger partial charge on any atom is -0.506 e. The Balaban J connectivity index is 2.36. The number of ketones is 1. The van der Waals surface area contributed by atoms with Gasteiger partial charge >= 0.3 is 5.97 Å². The summed E-state index contributed by atoms with van der Waals surface area (Å²) >= 11 is 6.05. The zero-order chi connectivity index (χ0) is 15.9. The Hall–Kier alpha value is -2.07. The minimum atomic E-state index is -0.542. The number of allylic oxidation sites excluding steroid dienone is 3. The summed E-state index contributed by atoms with van der Waals surface area (Å²) in [5, 5.41) is 9.71. The van der Waals surface area contributed by atoms with Crippen molar-refractivity contribution < 1.29 is 19.4 Å². The number of cyclic esters (lactones) is 1. The predicted octanol–water partition coefficient (Wildman–Crippen LogP) is 3.61. The van der Waals surface area contributed by atoms with Crippen molar-refractivity contribution in [3.05, 3.63) is 52.6 Å². The van der Waals surface area contributed by atoms with Crippen LogP contribution in [0.4, 0.5) is 0 Å². The third-order valence-corrected chi connectivity index (χ3v) is 3.70. The standard InChI is InChI=1S/C17H17ClO4/c18-16-14-11-12(19)7-5-3-1-2-4-6-10-22-17(21)13(14)8-9-15(16)20/h2,4-5,7-9,20H,1,3,6,10-11H2/b4-2+,7-5+. The average Bonchev–Trinajstić information content (AvgIpc) is 2.49.